The predicted octanol–water partition coefficient (Wildman–Crippen LogP) is 3.87. The van der Waals surface area contributed by atoms with Crippen LogP contribution in [-0.2, 0) is 0 Å². The van der Waals surface area contributed by atoms with Gasteiger partial charge in [-0.15, -0.1) is 0 Å². The second-order valence-electron chi connectivity index (χ2n) is 5.58. The molecule has 0 saturated heterocycles. The number of hydrogen-bond acceptors (Lipinski definition) is 2. The van der Waals surface area contributed by atoms with Gasteiger partial charge in [-0.3, -0.25) is 0 Å². The summed E-state index contributed by atoms with van der Waals surface area (Å²) in [5.41, 5.74) is 1.54. The maximum Gasteiger partial charge on any atom is 0.129 e. The maximum absolute atomic E-state index is 13.5. The van der Waals surface area contributed by atoms with Crippen LogP contribution in [0.5, 0.6) is 0 Å². The molecular weight excluding hydrogens is 272 g/mol. The second kappa shape index (κ2) is 8.25. The summed E-state index contributed by atoms with van der Waals surface area (Å²) < 4.78 is 26.5. The van der Waals surface area contributed by atoms with E-state index in [1.165, 1.54) is 31.3 Å². The van der Waals surface area contributed by atoms with Gasteiger partial charge >= 0.3 is 0 Å². The molecule has 0 aliphatic heterocycles. The van der Waals surface area contributed by atoms with Crippen LogP contribution in [-0.4, -0.2) is 18.2 Å². The van der Waals surface area contributed by atoms with Crippen molar-refractivity contribution in [3.8, 4) is 0 Å². The molecule has 1 aromatic carbocycles. The first kappa shape index (κ1) is 16.1. The molecule has 0 radical (unpaired) electrons. The zero-order chi connectivity index (χ0) is 15.1. The molecule has 1 unspecified atom stereocenters. The molecule has 0 spiro atoms. The minimum atomic E-state index is -0.970. The summed E-state index contributed by atoms with van der Waals surface area (Å²) in [6.07, 6.45) is 7.71. The van der Waals surface area contributed by atoms with Crippen LogP contribution in [0.25, 0.3) is 0 Å². The van der Waals surface area contributed by atoms with Gasteiger partial charge in [-0.1, -0.05) is 11.6 Å². The highest BCUT2D eigenvalue weighted by atomic mass is 19.1. The van der Waals surface area contributed by atoms with E-state index in [0.717, 1.165) is 31.2 Å². The Morgan fingerprint density at radius 3 is 2.81 bits per heavy atom. The minimum Gasteiger partial charge on any atom is -0.388 e. The van der Waals surface area contributed by atoms with Gasteiger partial charge in [-0.25, -0.2) is 8.78 Å². The Hall–Kier alpha value is -1.26. The van der Waals surface area contributed by atoms with Gasteiger partial charge in [0.15, 0.2) is 0 Å². The molecule has 2 N–H and O–H groups in total. The molecule has 0 heterocycles. The molecule has 2 rings (SSSR count). The van der Waals surface area contributed by atoms with E-state index in [1.54, 1.807) is 0 Å². The van der Waals surface area contributed by atoms with Gasteiger partial charge in [0.05, 0.1) is 6.10 Å². The number of aliphatic hydroxyl groups excluding tert-OH is 1. The van der Waals surface area contributed by atoms with E-state index in [4.69, 9.17) is 0 Å². The van der Waals surface area contributed by atoms with Gasteiger partial charge in [-0.05, 0) is 69.8 Å². The number of halogens is 2. The van der Waals surface area contributed by atoms with Crippen LogP contribution in [0.4, 0.5) is 8.78 Å². The quantitative estimate of drug-likeness (QED) is 0.591. The van der Waals surface area contributed by atoms with Crippen LogP contribution < -0.4 is 5.32 Å². The summed E-state index contributed by atoms with van der Waals surface area (Å²) in [5.74, 6) is -1.08. The minimum absolute atomic E-state index is 0.0341. The van der Waals surface area contributed by atoms with Crippen molar-refractivity contribution in [2.24, 2.45) is 0 Å². The molecule has 21 heavy (non-hydrogen) atoms. The van der Waals surface area contributed by atoms with Crippen molar-refractivity contribution in [3.05, 3.63) is 47.0 Å². The van der Waals surface area contributed by atoms with Crippen molar-refractivity contribution >= 4 is 0 Å². The molecule has 0 amide bonds. The monoisotopic (exact) mass is 295 g/mol. The first-order valence-electron chi connectivity index (χ1n) is 7.68. The van der Waals surface area contributed by atoms with Gasteiger partial charge in [0.1, 0.15) is 11.6 Å². The maximum atomic E-state index is 13.5. The highest BCUT2D eigenvalue weighted by molar-refractivity contribution is 5.21. The highest BCUT2D eigenvalue weighted by Gasteiger charge is 2.13. The lowest BCUT2D eigenvalue weighted by Gasteiger charge is -2.14. The number of rotatable bonds is 7. The molecule has 0 aromatic heterocycles. The van der Waals surface area contributed by atoms with Crippen molar-refractivity contribution in [1.29, 1.82) is 0 Å². The van der Waals surface area contributed by atoms with E-state index in [9.17, 15) is 13.9 Å². The number of aliphatic hydroxyl groups is 1. The Morgan fingerprint density at radius 1 is 1.19 bits per heavy atom. The average Bonchev–Trinajstić information content (AvgIpc) is 2.50. The summed E-state index contributed by atoms with van der Waals surface area (Å²) >= 11 is 0. The lowest BCUT2D eigenvalue weighted by molar-refractivity contribution is 0.162. The average molecular weight is 295 g/mol. The summed E-state index contributed by atoms with van der Waals surface area (Å²) in [6.45, 7) is 1.45. The largest absolute Gasteiger partial charge is 0.388 e. The molecule has 116 valence electrons. The molecule has 1 aliphatic rings. The zero-order valence-electron chi connectivity index (χ0n) is 12.2. The van der Waals surface area contributed by atoms with Gasteiger partial charge < -0.3 is 10.4 Å². The highest BCUT2D eigenvalue weighted by Crippen LogP contribution is 2.21. The number of allylic oxidation sites excluding steroid dienone is 1. The van der Waals surface area contributed by atoms with E-state index >= 15 is 0 Å². The lowest BCUT2D eigenvalue weighted by atomic mass is 9.97. The number of nitrogens with one attached hydrogen (secondary N) is 1. The van der Waals surface area contributed by atoms with Crippen LogP contribution in [0, 0.1) is 11.6 Å². The van der Waals surface area contributed by atoms with Crippen LogP contribution in [0.15, 0.2) is 29.8 Å². The summed E-state index contributed by atoms with van der Waals surface area (Å²) in [5, 5.41) is 13.2. The first-order chi connectivity index (χ1) is 10.2. The fourth-order valence-electron chi connectivity index (χ4n) is 2.67. The molecular formula is C17H23F2NO. The van der Waals surface area contributed by atoms with Crippen LogP contribution >= 0.6 is 0 Å². The number of benzene rings is 1. The van der Waals surface area contributed by atoms with Gasteiger partial charge in [0.25, 0.3) is 0 Å². The third-order valence-corrected chi connectivity index (χ3v) is 3.92. The predicted molar refractivity (Wildman–Crippen MR) is 80.0 cm³/mol. The van der Waals surface area contributed by atoms with Gasteiger partial charge in [0, 0.05) is 5.56 Å². The van der Waals surface area contributed by atoms with Crippen LogP contribution in [0.1, 0.15) is 50.2 Å². The molecule has 4 heteroatoms. The van der Waals surface area contributed by atoms with Gasteiger partial charge in [-0.2, -0.15) is 0 Å². The third kappa shape index (κ3) is 5.21. The van der Waals surface area contributed by atoms with E-state index < -0.39 is 17.7 Å². The molecule has 0 bridgehead atoms. The summed E-state index contributed by atoms with van der Waals surface area (Å²) in [7, 11) is 0. The Balaban J connectivity index is 1.68. The molecule has 1 aromatic rings. The Kier molecular flexibility index (Phi) is 6.33. The van der Waals surface area contributed by atoms with Gasteiger partial charge in [0.2, 0.25) is 0 Å². The van der Waals surface area contributed by atoms with E-state index in [1.807, 2.05) is 0 Å². The van der Waals surface area contributed by atoms with Crippen LogP contribution in [0.3, 0.4) is 0 Å². The summed E-state index contributed by atoms with van der Waals surface area (Å²) in [6, 6.07) is 3.17. The fraction of sp³-hybridized carbons (Fsp3) is 0.529. The second-order valence-corrected chi connectivity index (χ2v) is 5.58. The molecule has 2 nitrogen and oxygen atoms in total. The standard InChI is InChI=1S/C17H23F2NO/c18-14-6-7-16(19)15(12-14)17(21)9-11-20-10-8-13-4-2-1-3-5-13/h4,6-7,12,17,20-21H,1-3,5,8-11H2. The summed E-state index contributed by atoms with van der Waals surface area (Å²) in [4.78, 5) is 0. The molecule has 0 fully saturated rings. The van der Waals surface area contributed by atoms with E-state index in [2.05, 4.69) is 11.4 Å². The van der Waals surface area contributed by atoms with Crippen molar-refractivity contribution in [2.75, 3.05) is 13.1 Å². The molecule has 0 saturated carbocycles. The smallest absolute Gasteiger partial charge is 0.129 e. The van der Waals surface area contributed by atoms with E-state index in [-0.39, 0.29) is 5.56 Å². The van der Waals surface area contributed by atoms with Crippen LogP contribution in [0.2, 0.25) is 0 Å². The topological polar surface area (TPSA) is 32.3 Å². The normalized spacial score (nSPS) is 16.6. The van der Waals surface area contributed by atoms with Crippen molar-refractivity contribution < 1.29 is 13.9 Å². The first-order valence-corrected chi connectivity index (χ1v) is 7.68. The van der Waals surface area contributed by atoms with Crippen molar-refractivity contribution in [3.63, 3.8) is 0 Å². The Labute approximate surface area is 124 Å². The fourth-order valence-corrected chi connectivity index (χ4v) is 2.67. The van der Waals surface area contributed by atoms with Crippen molar-refractivity contribution in [1.82, 2.24) is 5.32 Å². The molecule has 1 atom stereocenters. The lowest BCUT2D eigenvalue weighted by Crippen LogP contribution is -2.20. The Morgan fingerprint density at radius 2 is 2.05 bits per heavy atom. The Bertz CT molecular complexity index is 488. The zero-order valence-corrected chi connectivity index (χ0v) is 12.2. The van der Waals surface area contributed by atoms with E-state index in [0.29, 0.717) is 13.0 Å². The number of hydrogen-bond donors (Lipinski definition) is 2. The molecule has 1 aliphatic carbocycles. The third-order valence-electron chi connectivity index (χ3n) is 3.92. The van der Waals surface area contributed by atoms with Crippen molar-refractivity contribution in [2.45, 2.75) is 44.6 Å². The SMILES string of the molecule is OC(CCNCCC1=CCCCC1)c1cc(F)ccc1F.